The number of hydrogen-bond acceptors (Lipinski definition) is 2. The zero-order valence-electron chi connectivity index (χ0n) is 9.39. The van der Waals surface area contributed by atoms with Crippen LogP contribution in [0.2, 0.25) is 0 Å². The zero-order chi connectivity index (χ0) is 13.9. The maximum absolute atomic E-state index is 11.9. The van der Waals surface area contributed by atoms with E-state index in [9.17, 15) is 18.3 Å². The Kier molecular flexibility index (Phi) is 5.64. The lowest BCUT2D eigenvalue weighted by Gasteiger charge is -2.15. The number of ether oxygens (including phenoxy) is 1. The SMILES string of the molecule is Cc1cc(Br)c(C(O)COCC(F)(F)F)cc1Br. The first kappa shape index (κ1) is 15.9. The van der Waals surface area contributed by atoms with Gasteiger partial charge in [0.2, 0.25) is 0 Å². The lowest BCUT2D eigenvalue weighted by molar-refractivity contribution is -0.179. The summed E-state index contributed by atoms with van der Waals surface area (Å²) in [6.07, 6.45) is -5.50. The van der Waals surface area contributed by atoms with Crippen molar-refractivity contribution in [2.24, 2.45) is 0 Å². The van der Waals surface area contributed by atoms with Crippen LogP contribution < -0.4 is 0 Å². The molecule has 1 rings (SSSR count). The standard InChI is InChI=1S/C11H11Br2F3O2/c1-6-2-9(13)7(3-8(6)12)10(17)4-18-5-11(14,15)16/h2-3,10,17H,4-5H2,1H3. The molecule has 102 valence electrons. The van der Waals surface area contributed by atoms with Crippen molar-refractivity contribution in [1.29, 1.82) is 0 Å². The van der Waals surface area contributed by atoms with Crippen LogP contribution in [-0.2, 0) is 4.74 Å². The van der Waals surface area contributed by atoms with Gasteiger partial charge in [-0.2, -0.15) is 13.2 Å². The fraction of sp³-hybridized carbons (Fsp3) is 0.455. The summed E-state index contributed by atoms with van der Waals surface area (Å²) < 4.78 is 41.5. The van der Waals surface area contributed by atoms with Gasteiger partial charge >= 0.3 is 6.18 Å². The van der Waals surface area contributed by atoms with Crippen LogP contribution in [0.3, 0.4) is 0 Å². The van der Waals surface area contributed by atoms with Gasteiger partial charge in [0.1, 0.15) is 12.7 Å². The summed E-state index contributed by atoms with van der Waals surface area (Å²) in [5.74, 6) is 0. The number of aliphatic hydroxyl groups is 1. The van der Waals surface area contributed by atoms with E-state index in [1.807, 2.05) is 6.92 Å². The van der Waals surface area contributed by atoms with Crippen LogP contribution in [0, 0.1) is 6.92 Å². The third-order valence-corrected chi connectivity index (χ3v) is 3.72. The first-order chi connectivity index (χ1) is 8.20. The van der Waals surface area contributed by atoms with E-state index >= 15 is 0 Å². The number of alkyl halides is 3. The molecule has 1 atom stereocenters. The predicted molar refractivity (Wildman–Crippen MR) is 68.4 cm³/mol. The molecule has 7 heteroatoms. The van der Waals surface area contributed by atoms with Crippen LogP contribution in [0.4, 0.5) is 13.2 Å². The fourth-order valence-electron chi connectivity index (χ4n) is 1.29. The normalized spacial score (nSPS) is 13.7. The van der Waals surface area contributed by atoms with Crippen molar-refractivity contribution in [3.05, 3.63) is 32.2 Å². The van der Waals surface area contributed by atoms with E-state index in [-0.39, 0.29) is 0 Å². The molecule has 2 nitrogen and oxygen atoms in total. The molecule has 0 amide bonds. The predicted octanol–water partition coefficient (Wildman–Crippen LogP) is 4.13. The van der Waals surface area contributed by atoms with Crippen molar-refractivity contribution in [2.75, 3.05) is 13.2 Å². The molecule has 0 aliphatic rings. The van der Waals surface area contributed by atoms with Crippen molar-refractivity contribution in [3.63, 3.8) is 0 Å². The van der Waals surface area contributed by atoms with Gasteiger partial charge in [-0.25, -0.2) is 0 Å². The van der Waals surface area contributed by atoms with Gasteiger partial charge in [0.05, 0.1) is 6.61 Å². The fourth-order valence-corrected chi connectivity index (χ4v) is 2.38. The van der Waals surface area contributed by atoms with Crippen LogP contribution in [-0.4, -0.2) is 24.5 Å². The second-order valence-electron chi connectivity index (χ2n) is 3.77. The van der Waals surface area contributed by atoms with Gasteiger partial charge in [0.15, 0.2) is 0 Å². The highest BCUT2D eigenvalue weighted by Gasteiger charge is 2.28. The minimum atomic E-state index is -4.38. The first-order valence-corrected chi connectivity index (χ1v) is 6.57. The van der Waals surface area contributed by atoms with E-state index in [2.05, 4.69) is 36.6 Å². The lowest BCUT2D eigenvalue weighted by Crippen LogP contribution is -2.19. The Morgan fingerprint density at radius 2 is 1.89 bits per heavy atom. The van der Waals surface area contributed by atoms with E-state index < -0.39 is 25.5 Å². The van der Waals surface area contributed by atoms with Gasteiger partial charge in [0, 0.05) is 8.95 Å². The third kappa shape index (κ3) is 4.87. The van der Waals surface area contributed by atoms with Crippen LogP contribution in [0.25, 0.3) is 0 Å². The van der Waals surface area contributed by atoms with E-state index in [1.54, 1.807) is 12.1 Å². The summed E-state index contributed by atoms with van der Waals surface area (Å²) in [6, 6.07) is 3.42. The summed E-state index contributed by atoms with van der Waals surface area (Å²) in [5.41, 5.74) is 1.43. The maximum Gasteiger partial charge on any atom is 0.411 e. The zero-order valence-corrected chi connectivity index (χ0v) is 12.6. The van der Waals surface area contributed by atoms with Gasteiger partial charge in [-0.05, 0) is 30.2 Å². The summed E-state index contributed by atoms with van der Waals surface area (Å²) in [4.78, 5) is 0. The molecular formula is C11H11Br2F3O2. The quantitative estimate of drug-likeness (QED) is 0.836. The average Bonchev–Trinajstić information content (AvgIpc) is 2.21. The average molecular weight is 392 g/mol. The molecule has 0 fully saturated rings. The lowest BCUT2D eigenvalue weighted by atomic mass is 10.1. The first-order valence-electron chi connectivity index (χ1n) is 4.99. The van der Waals surface area contributed by atoms with Crippen LogP contribution >= 0.6 is 31.9 Å². The monoisotopic (exact) mass is 390 g/mol. The smallest absolute Gasteiger partial charge is 0.386 e. The Morgan fingerprint density at radius 1 is 1.28 bits per heavy atom. The van der Waals surface area contributed by atoms with Gasteiger partial charge in [-0.3, -0.25) is 0 Å². The topological polar surface area (TPSA) is 29.5 Å². The number of aryl methyl sites for hydroxylation is 1. The highest BCUT2D eigenvalue weighted by atomic mass is 79.9. The molecule has 1 aromatic rings. The van der Waals surface area contributed by atoms with Crippen LogP contribution in [0.1, 0.15) is 17.2 Å². The summed E-state index contributed by atoms with van der Waals surface area (Å²) in [7, 11) is 0. The Hall–Kier alpha value is -0.110. The number of rotatable bonds is 4. The summed E-state index contributed by atoms with van der Waals surface area (Å²) >= 11 is 6.55. The number of halogens is 5. The van der Waals surface area contributed by atoms with Crippen molar-refractivity contribution in [1.82, 2.24) is 0 Å². The van der Waals surface area contributed by atoms with Gasteiger partial charge in [-0.15, -0.1) is 0 Å². The molecule has 0 aromatic heterocycles. The summed E-state index contributed by atoms with van der Waals surface area (Å²) in [5, 5.41) is 9.77. The van der Waals surface area contributed by atoms with Crippen LogP contribution in [0.5, 0.6) is 0 Å². The molecule has 18 heavy (non-hydrogen) atoms. The summed E-state index contributed by atoms with van der Waals surface area (Å²) in [6.45, 7) is 0.0908. The largest absolute Gasteiger partial charge is 0.411 e. The van der Waals surface area contributed by atoms with E-state index in [0.717, 1.165) is 10.0 Å². The molecule has 0 bridgehead atoms. The molecule has 0 saturated carbocycles. The highest BCUT2D eigenvalue weighted by molar-refractivity contribution is 9.11. The second kappa shape index (κ2) is 6.36. The Morgan fingerprint density at radius 3 is 2.44 bits per heavy atom. The molecule has 0 heterocycles. The van der Waals surface area contributed by atoms with Gasteiger partial charge in [0.25, 0.3) is 0 Å². The van der Waals surface area contributed by atoms with E-state index in [0.29, 0.717) is 10.0 Å². The number of aliphatic hydroxyl groups excluding tert-OH is 1. The molecule has 1 aromatic carbocycles. The molecular weight excluding hydrogens is 381 g/mol. The molecule has 0 saturated heterocycles. The molecule has 0 aliphatic heterocycles. The van der Waals surface area contributed by atoms with Crippen LogP contribution in [0.15, 0.2) is 21.1 Å². The van der Waals surface area contributed by atoms with E-state index in [1.165, 1.54) is 0 Å². The van der Waals surface area contributed by atoms with Crippen molar-refractivity contribution >= 4 is 31.9 Å². The molecule has 1 N–H and O–H groups in total. The van der Waals surface area contributed by atoms with Gasteiger partial charge < -0.3 is 9.84 Å². The Bertz CT molecular complexity index is 421. The Balaban J connectivity index is 2.67. The van der Waals surface area contributed by atoms with Crippen molar-refractivity contribution < 1.29 is 23.0 Å². The molecule has 0 aliphatic carbocycles. The maximum atomic E-state index is 11.9. The molecule has 0 spiro atoms. The minimum Gasteiger partial charge on any atom is -0.386 e. The van der Waals surface area contributed by atoms with E-state index in [4.69, 9.17) is 0 Å². The third-order valence-electron chi connectivity index (χ3n) is 2.18. The minimum absolute atomic E-state index is 0.409. The number of hydrogen-bond donors (Lipinski definition) is 1. The molecule has 1 unspecified atom stereocenters. The number of benzene rings is 1. The van der Waals surface area contributed by atoms with Crippen molar-refractivity contribution in [3.8, 4) is 0 Å². The molecule has 0 radical (unpaired) electrons. The van der Waals surface area contributed by atoms with Gasteiger partial charge in [-0.1, -0.05) is 31.9 Å². The Labute approximate surface area is 119 Å². The highest BCUT2D eigenvalue weighted by Crippen LogP contribution is 2.30. The second-order valence-corrected chi connectivity index (χ2v) is 5.48. The van der Waals surface area contributed by atoms with Crippen molar-refractivity contribution in [2.45, 2.75) is 19.2 Å².